The van der Waals surface area contributed by atoms with E-state index in [1.165, 1.54) is 6.42 Å². The topological polar surface area (TPSA) is 40.5 Å². The van der Waals surface area contributed by atoms with E-state index in [9.17, 15) is 0 Å². The molecule has 0 spiro atoms. The van der Waals surface area contributed by atoms with Crippen molar-refractivity contribution >= 4 is 12.6 Å². The van der Waals surface area contributed by atoms with Gasteiger partial charge >= 0.3 is 7.12 Å². The lowest BCUT2D eigenvalue weighted by atomic mass is 9.81. The van der Waals surface area contributed by atoms with Crippen LogP contribution in [0.15, 0.2) is 30.3 Å². The molecule has 0 bridgehead atoms. The van der Waals surface area contributed by atoms with Crippen molar-refractivity contribution in [3.63, 3.8) is 0 Å². The standard InChI is InChI=1S/C6H7BO2.C6H14.C2H6/c8-7(9)6-4-2-1-3-5-6;1-5-6(2,3)4;1-2/h1-5,8-9H;5H2,1-4H3;1-2H3. The molecule has 0 unspecified atom stereocenters. The molecule has 3 heteroatoms. The van der Waals surface area contributed by atoms with Gasteiger partial charge in [-0.25, -0.2) is 0 Å². The van der Waals surface area contributed by atoms with Crippen LogP contribution in [0.4, 0.5) is 0 Å². The van der Waals surface area contributed by atoms with Gasteiger partial charge in [-0.05, 0) is 10.9 Å². The molecular weight excluding hydrogens is 211 g/mol. The highest BCUT2D eigenvalue weighted by Crippen LogP contribution is 2.16. The van der Waals surface area contributed by atoms with Crippen LogP contribution in [0.3, 0.4) is 0 Å². The van der Waals surface area contributed by atoms with Crippen LogP contribution in [0.1, 0.15) is 48.0 Å². The Kier molecular flexibility index (Phi) is 11.3. The second kappa shape index (κ2) is 10.4. The van der Waals surface area contributed by atoms with Gasteiger partial charge in [-0.2, -0.15) is 0 Å². The predicted octanol–water partition coefficient (Wildman–Crippen LogP) is 2.84. The second-order valence-electron chi connectivity index (χ2n) is 4.70. The van der Waals surface area contributed by atoms with Crippen LogP contribution in [0.2, 0.25) is 0 Å². The van der Waals surface area contributed by atoms with Crippen molar-refractivity contribution in [2.45, 2.75) is 48.0 Å². The zero-order chi connectivity index (χ0) is 13.9. The average molecular weight is 238 g/mol. The molecule has 0 radical (unpaired) electrons. The fourth-order valence-electron chi connectivity index (χ4n) is 0.625. The van der Waals surface area contributed by atoms with E-state index in [1.807, 2.05) is 19.9 Å². The van der Waals surface area contributed by atoms with E-state index in [0.29, 0.717) is 10.9 Å². The number of hydrogen-bond acceptors (Lipinski definition) is 2. The maximum Gasteiger partial charge on any atom is 0.488 e. The van der Waals surface area contributed by atoms with Gasteiger partial charge in [-0.3, -0.25) is 0 Å². The first kappa shape index (κ1) is 18.6. The summed E-state index contributed by atoms with van der Waals surface area (Å²) in [7, 11) is -1.34. The Bertz CT molecular complexity index is 253. The van der Waals surface area contributed by atoms with Crippen LogP contribution >= 0.6 is 0 Å². The SMILES string of the molecule is CC.CCC(C)(C)C.OB(O)c1ccccc1. The first-order valence-electron chi connectivity index (χ1n) is 6.28. The third kappa shape index (κ3) is 13.1. The van der Waals surface area contributed by atoms with Gasteiger partial charge < -0.3 is 10.0 Å². The lowest BCUT2D eigenvalue weighted by Gasteiger charge is -2.12. The minimum absolute atomic E-state index is 0.525. The average Bonchev–Trinajstić information content (AvgIpc) is 2.33. The summed E-state index contributed by atoms with van der Waals surface area (Å²) >= 11 is 0. The molecule has 0 amide bonds. The van der Waals surface area contributed by atoms with Gasteiger partial charge in [0.2, 0.25) is 0 Å². The lowest BCUT2D eigenvalue weighted by molar-refractivity contribution is 0.398. The molecule has 0 heterocycles. The zero-order valence-electron chi connectivity index (χ0n) is 12.1. The van der Waals surface area contributed by atoms with E-state index in [1.54, 1.807) is 24.3 Å². The molecule has 17 heavy (non-hydrogen) atoms. The maximum absolute atomic E-state index is 8.58. The fraction of sp³-hybridized carbons (Fsp3) is 0.571. The van der Waals surface area contributed by atoms with Gasteiger partial charge in [0, 0.05) is 0 Å². The minimum atomic E-state index is -1.34. The summed E-state index contributed by atoms with van der Waals surface area (Å²) in [4.78, 5) is 0. The van der Waals surface area contributed by atoms with E-state index >= 15 is 0 Å². The van der Waals surface area contributed by atoms with Crippen molar-refractivity contribution in [3.05, 3.63) is 30.3 Å². The Morgan fingerprint density at radius 3 is 1.53 bits per heavy atom. The highest BCUT2D eigenvalue weighted by Gasteiger charge is 2.07. The fourth-order valence-corrected chi connectivity index (χ4v) is 0.625. The Morgan fingerprint density at radius 1 is 1.00 bits per heavy atom. The zero-order valence-corrected chi connectivity index (χ0v) is 12.1. The van der Waals surface area contributed by atoms with Crippen molar-refractivity contribution in [3.8, 4) is 0 Å². The summed E-state index contributed by atoms with van der Waals surface area (Å²) in [6, 6.07) is 8.66. The highest BCUT2D eigenvalue weighted by molar-refractivity contribution is 6.58. The molecule has 0 aliphatic carbocycles. The third-order valence-corrected chi connectivity index (χ3v) is 2.16. The number of rotatable bonds is 1. The maximum atomic E-state index is 8.58. The molecule has 2 N–H and O–H groups in total. The summed E-state index contributed by atoms with van der Waals surface area (Å²) in [6.07, 6.45) is 1.27. The van der Waals surface area contributed by atoms with Crippen molar-refractivity contribution < 1.29 is 10.0 Å². The van der Waals surface area contributed by atoms with Gasteiger partial charge in [0.05, 0.1) is 0 Å². The second-order valence-corrected chi connectivity index (χ2v) is 4.70. The molecule has 98 valence electrons. The summed E-state index contributed by atoms with van der Waals surface area (Å²) in [5, 5.41) is 17.2. The Hall–Kier alpha value is -0.795. The van der Waals surface area contributed by atoms with Crippen LogP contribution in [0.5, 0.6) is 0 Å². The third-order valence-electron chi connectivity index (χ3n) is 2.16. The molecule has 0 atom stereocenters. The quantitative estimate of drug-likeness (QED) is 0.738. The molecule has 0 saturated heterocycles. The Balaban J connectivity index is 0. The lowest BCUT2D eigenvalue weighted by Crippen LogP contribution is -2.29. The van der Waals surface area contributed by atoms with Gasteiger partial charge in [0.1, 0.15) is 0 Å². The van der Waals surface area contributed by atoms with Crippen LogP contribution in [-0.4, -0.2) is 17.2 Å². The largest absolute Gasteiger partial charge is 0.488 e. The molecule has 0 aliphatic heterocycles. The number of benzene rings is 1. The molecule has 1 aromatic carbocycles. The normalized spacial score (nSPS) is 9.41. The summed E-state index contributed by atoms with van der Waals surface area (Å²) in [5.74, 6) is 0. The van der Waals surface area contributed by atoms with E-state index in [4.69, 9.17) is 10.0 Å². The molecule has 0 aliphatic rings. The predicted molar refractivity (Wildman–Crippen MR) is 77.4 cm³/mol. The van der Waals surface area contributed by atoms with Crippen LogP contribution in [0.25, 0.3) is 0 Å². The molecule has 0 aromatic heterocycles. The van der Waals surface area contributed by atoms with Crippen LogP contribution in [-0.2, 0) is 0 Å². The first-order chi connectivity index (χ1) is 7.87. The van der Waals surface area contributed by atoms with Crippen molar-refractivity contribution in [2.75, 3.05) is 0 Å². The van der Waals surface area contributed by atoms with Crippen molar-refractivity contribution in [1.82, 2.24) is 0 Å². The molecule has 2 nitrogen and oxygen atoms in total. The van der Waals surface area contributed by atoms with E-state index in [2.05, 4.69) is 27.7 Å². The van der Waals surface area contributed by atoms with Crippen LogP contribution < -0.4 is 5.46 Å². The van der Waals surface area contributed by atoms with E-state index in [0.717, 1.165) is 0 Å². The summed E-state index contributed by atoms with van der Waals surface area (Å²) in [6.45, 7) is 12.9. The minimum Gasteiger partial charge on any atom is -0.423 e. The van der Waals surface area contributed by atoms with Gasteiger partial charge in [0.25, 0.3) is 0 Å². The molecule has 1 rings (SSSR count). The van der Waals surface area contributed by atoms with Gasteiger partial charge in [-0.1, -0.05) is 78.3 Å². The molecule has 1 aromatic rings. The Morgan fingerprint density at radius 2 is 1.35 bits per heavy atom. The van der Waals surface area contributed by atoms with Crippen LogP contribution in [0, 0.1) is 5.41 Å². The molecule has 0 saturated carbocycles. The Labute approximate surface area is 107 Å². The van der Waals surface area contributed by atoms with Crippen molar-refractivity contribution in [1.29, 1.82) is 0 Å². The van der Waals surface area contributed by atoms with Gasteiger partial charge in [0.15, 0.2) is 0 Å². The highest BCUT2D eigenvalue weighted by atomic mass is 16.4. The molecule has 0 fully saturated rings. The molecular formula is C14H27BO2. The monoisotopic (exact) mass is 238 g/mol. The first-order valence-corrected chi connectivity index (χ1v) is 6.28. The van der Waals surface area contributed by atoms with Crippen molar-refractivity contribution in [2.24, 2.45) is 5.41 Å². The summed E-state index contributed by atoms with van der Waals surface area (Å²) in [5.41, 5.74) is 1.07. The number of hydrogen-bond donors (Lipinski definition) is 2. The summed E-state index contributed by atoms with van der Waals surface area (Å²) < 4.78 is 0. The van der Waals surface area contributed by atoms with Gasteiger partial charge in [-0.15, -0.1) is 0 Å². The van der Waals surface area contributed by atoms with E-state index < -0.39 is 7.12 Å². The van der Waals surface area contributed by atoms with E-state index in [-0.39, 0.29) is 0 Å². The smallest absolute Gasteiger partial charge is 0.423 e.